The first kappa shape index (κ1) is 18.7. The molecule has 140 valence electrons. The van der Waals surface area contributed by atoms with E-state index in [2.05, 4.69) is 34.3 Å². The second kappa shape index (κ2) is 6.57. The van der Waals surface area contributed by atoms with Crippen molar-refractivity contribution in [1.82, 2.24) is 0 Å². The van der Waals surface area contributed by atoms with Crippen molar-refractivity contribution < 1.29 is 14.6 Å². The van der Waals surface area contributed by atoms with Crippen molar-refractivity contribution in [2.45, 2.75) is 72.3 Å². The lowest BCUT2D eigenvalue weighted by atomic mass is 9.44. The highest BCUT2D eigenvalue weighted by atomic mass is 16.6. The van der Waals surface area contributed by atoms with Crippen LogP contribution in [0.15, 0.2) is 23.8 Å². The minimum Gasteiger partial charge on any atom is -0.459 e. The van der Waals surface area contributed by atoms with Crippen LogP contribution in [-0.4, -0.2) is 23.8 Å². The molecule has 1 aliphatic heterocycles. The first-order chi connectivity index (χ1) is 11.7. The molecule has 1 N–H and O–H groups in total. The maximum Gasteiger partial charge on any atom is 0.336 e. The van der Waals surface area contributed by atoms with E-state index in [9.17, 15) is 9.90 Å². The molecule has 0 aromatic rings. The molecule has 0 bridgehead atoms. The van der Waals surface area contributed by atoms with E-state index in [1.807, 2.05) is 6.08 Å². The highest BCUT2D eigenvalue weighted by Crippen LogP contribution is 2.64. The van der Waals surface area contributed by atoms with Gasteiger partial charge in [-0.05, 0) is 60.7 Å². The van der Waals surface area contributed by atoms with Gasteiger partial charge < -0.3 is 9.84 Å². The highest BCUT2D eigenvalue weighted by Gasteiger charge is 2.55. The van der Waals surface area contributed by atoms with E-state index in [0.717, 1.165) is 18.8 Å². The number of allylic oxidation sites excluding steroid dienone is 2. The van der Waals surface area contributed by atoms with Gasteiger partial charge in [-0.15, -0.1) is 0 Å². The predicted octanol–water partition coefficient (Wildman–Crippen LogP) is 4.66. The van der Waals surface area contributed by atoms with Gasteiger partial charge in [0, 0.05) is 0 Å². The average molecular weight is 347 g/mol. The molecule has 25 heavy (non-hydrogen) atoms. The number of ether oxygens (including phenoxy) is 1. The van der Waals surface area contributed by atoms with Crippen LogP contribution in [-0.2, 0) is 9.53 Å². The molecule has 0 amide bonds. The van der Waals surface area contributed by atoms with Crippen LogP contribution in [0.25, 0.3) is 0 Å². The first-order valence-corrected chi connectivity index (χ1v) is 9.97. The van der Waals surface area contributed by atoms with E-state index in [0.29, 0.717) is 22.8 Å². The summed E-state index contributed by atoms with van der Waals surface area (Å²) in [7, 11) is 0. The molecular formula is C22H34O3. The van der Waals surface area contributed by atoms with E-state index in [1.54, 1.807) is 0 Å². The van der Waals surface area contributed by atoms with Gasteiger partial charge in [0.05, 0.1) is 5.57 Å². The van der Waals surface area contributed by atoms with Crippen LogP contribution in [0.4, 0.5) is 0 Å². The van der Waals surface area contributed by atoms with E-state index < -0.39 is 6.10 Å². The Morgan fingerprint density at radius 3 is 2.68 bits per heavy atom. The van der Waals surface area contributed by atoms with Crippen LogP contribution >= 0.6 is 0 Å². The molecule has 6 atom stereocenters. The molecule has 0 aromatic carbocycles. The number of fused-ring (bicyclic) bond motifs is 1. The fourth-order valence-corrected chi connectivity index (χ4v) is 6.13. The number of carbonyl (C=O) groups is 1. The summed E-state index contributed by atoms with van der Waals surface area (Å²) >= 11 is 0. The van der Waals surface area contributed by atoms with E-state index in [1.165, 1.54) is 31.3 Å². The molecule has 3 heteroatoms. The SMILES string of the molecule is C=C1CC[C@@H]2[C@](C)(CC)[C@H](C)CC[C@@]2(C)[C@@H]1C/C=C1/C(=O)OC[C@H]1O. The van der Waals surface area contributed by atoms with Crippen molar-refractivity contribution in [3.8, 4) is 0 Å². The number of carbonyl (C=O) groups excluding carboxylic acids is 1. The van der Waals surface area contributed by atoms with Gasteiger partial charge >= 0.3 is 5.97 Å². The average Bonchev–Trinajstić information content (AvgIpc) is 2.89. The first-order valence-electron chi connectivity index (χ1n) is 9.97. The van der Waals surface area contributed by atoms with Gasteiger partial charge in [0.2, 0.25) is 0 Å². The summed E-state index contributed by atoms with van der Waals surface area (Å²) in [5.41, 5.74) is 2.38. The maximum absolute atomic E-state index is 11.8. The van der Waals surface area contributed by atoms with Crippen molar-refractivity contribution in [3.05, 3.63) is 23.8 Å². The Morgan fingerprint density at radius 2 is 2.08 bits per heavy atom. The minimum absolute atomic E-state index is 0.0988. The van der Waals surface area contributed by atoms with Gasteiger partial charge in [-0.1, -0.05) is 52.3 Å². The van der Waals surface area contributed by atoms with Crippen molar-refractivity contribution in [2.24, 2.45) is 28.6 Å². The van der Waals surface area contributed by atoms with Crippen molar-refractivity contribution in [2.75, 3.05) is 6.61 Å². The Morgan fingerprint density at radius 1 is 1.36 bits per heavy atom. The molecule has 0 spiro atoms. The molecular weight excluding hydrogens is 312 g/mol. The molecule has 1 heterocycles. The summed E-state index contributed by atoms with van der Waals surface area (Å²) in [5.74, 6) is 1.49. The van der Waals surface area contributed by atoms with Crippen LogP contribution in [0, 0.1) is 28.6 Å². The lowest BCUT2D eigenvalue weighted by Gasteiger charge is -2.61. The van der Waals surface area contributed by atoms with Crippen LogP contribution in [0.3, 0.4) is 0 Å². The molecule has 0 aromatic heterocycles. The van der Waals surface area contributed by atoms with Gasteiger partial charge in [-0.2, -0.15) is 0 Å². The molecule has 3 rings (SSSR count). The second-order valence-electron chi connectivity index (χ2n) is 9.12. The molecule has 2 aliphatic carbocycles. The van der Waals surface area contributed by atoms with E-state index in [-0.39, 0.29) is 18.0 Å². The molecule has 3 fully saturated rings. The number of aliphatic hydroxyl groups excluding tert-OH is 1. The quantitative estimate of drug-likeness (QED) is 0.459. The van der Waals surface area contributed by atoms with Crippen molar-refractivity contribution in [1.29, 1.82) is 0 Å². The van der Waals surface area contributed by atoms with Crippen molar-refractivity contribution in [3.63, 3.8) is 0 Å². The Kier molecular flexibility index (Phi) is 4.91. The Hall–Kier alpha value is -1.09. The molecule has 0 radical (unpaired) electrons. The monoisotopic (exact) mass is 346 g/mol. The lowest BCUT2D eigenvalue weighted by molar-refractivity contribution is -0.135. The maximum atomic E-state index is 11.8. The van der Waals surface area contributed by atoms with Gasteiger partial charge in [0.25, 0.3) is 0 Å². The molecule has 3 nitrogen and oxygen atoms in total. The second-order valence-corrected chi connectivity index (χ2v) is 9.12. The summed E-state index contributed by atoms with van der Waals surface area (Å²) in [4.78, 5) is 11.8. The van der Waals surface area contributed by atoms with Gasteiger partial charge in [0.1, 0.15) is 12.7 Å². The fourth-order valence-electron chi connectivity index (χ4n) is 6.13. The molecule has 1 saturated heterocycles. The molecule has 3 aliphatic rings. The summed E-state index contributed by atoms with van der Waals surface area (Å²) in [6.07, 6.45) is 8.01. The Balaban J connectivity index is 1.89. The van der Waals surface area contributed by atoms with Gasteiger partial charge in [0.15, 0.2) is 0 Å². The number of cyclic esters (lactones) is 1. The topological polar surface area (TPSA) is 46.5 Å². The smallest absolute Gasteiger partial charge is 0.336 e. The Labute approximate surface area is 152 Å². The zero-order chi connectivity index (χ0) is 18.4. The van der Waals surface area contributed by atoms with E-state index >= 15 is 0 Å². The third kappa shape index (κ3) is 2.89. The molecule has 2 saturated carbocycles. The number of hydrogen-bond donors (Lipinski definition) is 1. The van der Waals surface area contributed by atoms with Gasteiger partial charge in [-0.25, -0.2) is 4.79 Å². The lowest BCUT2D eigenvalue weighted by Crippen LogP contribution is -2.53. The Bertz CT molecular complexity index is 592. The van der Waals surface area contributed by atoms with E-state index in [4.69, 9.17) is 4.74 Å². The minimum atomic E-state index is -0.764. The third-order valence-corrected chi connectivity index (χ3v) is 8.18. The summed E-state index contributed by atoms with van der Waals surface area (Å²) in [6.45, 7) is 14.2. The fraction of sp³-hybridized carbons (Fsp3) is 0.773. The van der Waals surface area contributed by atoms with Crippen LogP contribution in [0.5, 0.6) is 0 Å². The van der Waals surface area contributed by atoms with Crippen molar-refractivity contribution >= 4 is 5.97 Å². The summed E-state index contributed by atoms with van der Waals surface area (Å²) < 4.78 is 4.96. The largest absolute Gasteiger partial charge is 0.459 e. The molecule has 0 unspecified atom stereocenters. The van der Waals surface area contributed by atoms with Crippen LogP contribution in [0.1, 0.15) is 66.2 Å². The summed E-state index contributed by atoms with van der Waals surface area (Å²) in [5, 5.41) is 9.97. The predicted molar refractivity (Wildman–Crippen MR) is 99.9 cm³/mol. The zero-order valence-electron chi connectivity index (χ0n) is 16.3. The zero-order valence-corrected chi connectivity index (χ0v) is 16.3. The highest BCUT2D eigenvalue weighted by molar-refractivity contribution is 5.91. The number of rotatable bonds is 3. The number of aliphatic hydroxyl groups is 1. The van der Waals surface area contributed by atoms with Crippen LogP contribution in [0.2, 0.25) is 0 Å². The number of esters is 1. The van der Waals surface area contributed by atoms with Gasteiger partial charge in [-0.3, -0.25) is 0 Å². The number of hydrogen-bond acceptors (Lipinski definition) is 3. The van der Waals surface area contributed by atoms with Crippen LogP contribution < -0.4 is 0 Å². The standard InChI is InChI=1S/C22H34O3/c1-6-21(4)15(3)11-12-22(5)17(14(2)7-10-19(21)22)9-8-16-18(23)13-25-20(16)24/h8,15,17-19,23H,2,6-7,9-13H2,1,3-5H3/b16-8+/t15-,17-,18-,19-,21-,22+/m1/s1. The normalized spacial score (nSPS) is 46.2. The summed E-state index contributed by atoms with van der Waals surface area (Å²) in [6, 6.07) is 0. The third-order valence-electron chi connectivity index (χ3n) is 8.18.